The molecule has 0 spiro atoms. The van der Waals surface area contributed by atoms with E-state index < -0.39 is 0 Å². The number of carbonyl (C=O) groups excluding carboxylic acids is 2. The smallest absolute Gasteiger partial charge is 0.260 e. The molecule has 2 aromatic rings. The number of piperidine rings is 1. The second kappa shape index (κ2) is 9.63. The molecule has 170 valence electrons. The van der Waals surface area contributed by atoms with Gasteiger partial charge in [-0.05, 0) is 87.1 Å². The topological polar surface area (TPSA) is 59.1 Å². The molecule has 32 heavy (non-hydrogen) atoms. The summed E-state index contributed by atoms with van der Waals surface area (Å²) in [6, 6.07) is 13.6. The Morgan fingerprint density at radius 2 is 1.66 bits per heavy atom. The molecular formula is C26H32N2O4. The van der Waals surface area contributed by atoms with Crippen molar-refractivity contribution in [3.8, 4) is 11.5 Å². The Hall–Kier alpha value is -3.02. The first kappa shape index (κ1) is 22.2. The Labute approximate surface area is 190 Å². The van der Waals surface area contributed by atoms with E-state index in [4.69, 9.17) is 9.47 Å². The second-order valence-corrected chi connectivity index (χ2v) is 8.85. The maximum Gasteiger partial charge on any atom is 0.260 e. The highest BCUT2D eigenvalue weighted by atomic mass is 16.5. The van der Waals surface area contributed by atoms with Crippen LogP contribution < -0.4 is 9.47 Å². The van der Waals surface area contributed by atoms with Crippen molar-refractivity contribution in [2.75, 3.05) is 20.3 Å². The van der Waals surface area contributed by atoms with Gasteiger partial charge in [0.1, 0.15) is 11.5 Å². The number of amides is 2. The molecule has 4 rings (SSSR count). The molecular weight excluding hydrogens is 404 g/mol. The summed E-state index contributed by atoms with van der Waals surface area (Å²) < 4.78 is 11.1. The van der Waals surface area contributed by atoms with Gasteiger partial charge < -0.3 is 19.3 Å². The molecule has 2 aliphatic heterocycles. The zero-order chi connectivity index (χ0) is 22.7. The summed E-state index contributed by atoms with van der Waals surface area (Å²) in [4.78, 5) is 29.5. The molecule has 0 saturated carbocycles. The fourth-order valence-electron chi connectivity index (χ4n) is 4.84. The van der Waals surface area contributed by atoms with E-state index in [2.05, 4.69) is 19.9 Å². The molecule has 2 unspecified atom stereocenters. The molecule has 1 fully saturated rings. The van der Waals surface area contributed by atoms with Gasteiger partial charge in [0.25, 0.3) is 11.8 Å². The van der Waals surface area contributed by atoms with Crippen LogP contribution in [0.15, 0.2) is 42.5 Å². The summed E-state index contributed by atoms with van der Waals surface area (Å²) in [7, 11) is 1.65. The summed E-state index contributed by atoms with van der Waals surface area (Å²) in [6.45, 7) is 5.49. The number of hydrogen-bond donors (Lipinski definition) is 0. The van der Waals surface area contributed by atoms with E-state index in [1.807, 2.05) is 21.9 Å². The summed E-state index contributed by atoms with van der Waals surface area (Å²) in [5.41, 5.74) is 3.01. The Kier molecular flexibility index (Phi) is 6.68. The Morgan fingerprint density at radius 3 is 2.34 bits per heavy atom. The van der Waals surface area contributed by atoms with Crippen molar-refractivity contribution < 1.29 is 19.1 Å². The number of carbonyl (C=O) groups is 2. The van der Waals surface area contributed by atoms with E-state index in [-0.39, 0.29) is 30.5 Å². The molecule has 6 nitrogen and oxygen atoms in total. The third-order valence-electron chi connectivity index (χ3n) is 6.66. The number of hydrogen-bond acceptors (Lipinski definition) is 4. The Bertz CT molecular complexity index is 962. The predicted molar refractivity (Wildman–Crippen MR) is 123 cm³/mol. The summed E-state index contributed by atoms with van der Waals surface area (Å²) in [5, 5.41) is 0. The van der Waals surface area contributed by atoms with Crippen LogP contribution in [0.4, 0.5) is 0 Å². The van der Waals surface area contributed by atoms with E-state index in [9.17, 15) is 9.59 Å². The average molecular weight is 437 g/mol. The lowest BCUT2D eigenvalue weighted by Gasteiger charge is -2.38. The first-order valence-electron chi connectivity index (χ1n) is 11.5. The van der Waals surface area contributed by atoms with Gasteiger partial charge in [-0.25, -0.2) is 0 Å². The average Bonchev–Trinajstić information content (AvgIpc) is 2.81. The van der Waals surface area contributed by atoms with Crippen LogP contribution in [-0.4, -0.2) is 54.0 Å². The first-order valence-corrected chi connectivity index (χ1v) is 11.5. The Balaban J connectivity index is 1.35. The minimum absolute atomic E-state index is 0.00272. The molecule has 0 aromatic heterocycles. The van der Waals surface area contributed by atoms with E-state index in [0.29, 0.717) is 24.4 Å². The van der Waals surface area contributed by atoms with E-state index in [1.54, 1.807) is 31.4 Å². The van der Waals surface area contributed by atoms with Crippen LogP contribution in [0.25, 0.3) is 0 Å². The van der Waals surface area contributed by atoms with E-state index >= 15 is 0 Å². The minimum Gasteiger partial charge on any atom is -0.497 e. The Morgan fingerprint density at radius 1 is 0.969 bits per heavy atom. The fourth-order valence-corrected chi connectivity index (χ4v) is 4.84. The zero-order valence-electron chi connectivity index (χ0n) is 19.2. The van der Waals surface area contributed by atoms with Crippen molar-refractivity contribution >= 4 is 11.8 Å². The van der Waals surface area contributed by atoms with Crippen LogP contribution in [0.1, 0.15) is 54.6 Å². The van der Waals surface area contributed by atoms with Gasteiger partial charge in [0.05, 0.1) is 7.11 Å². The standard InChI is InChI=1S/C26H32N2O4/c1-18-5-4-6-19(2)28(18)25(29)17-32-23-10-8-21(9-11-23)26(30)27-14-13-20-7-12-24(31-3)15-22(20)16-27/h7-12,15,18-19H,4-6,13-14,16-17H2,1-3H3. The number of benzene rings is 2. The van der Waals surface area contributed by atoms with Gasteiger partial charge >= 0.3 is 0 Å². The molecule has 2 atom stereocenters. The molecule has 0 N–H and O–H groups in total. The first-order chi connectivity index (χ1) is 15.5. The summed E-state index contributed by atoms with van der Waals surface area (Å²) in [5.74, 6) is 1.42. The molecule has 0 radical (unpaired) electrons. The molecule has 1 saturated heterocycles. The van der Waals surface area contributed by atoms with Crippen molar-refractivity contribution in [3.05, 3.63) is 59.2 Å². The third-order valence-corrected chi connectivity index (χ3v) is 6.66. The van der Waals surface area contributed by atoms with E-state index in [1.165, 1.54) is 12.0 Å². The van der Waals surface area contributed by atoms with Crippen molar-refractivity contribution in [3.63, 3.8) is 0 Å². The maximum absolute atomic E-state index is 13.0. The lowest BCUT2D eigenvalue weighted by molar-refractivity contribution is -0.139. The quantitative estimate of drug-likeness (QED) is 0.709. The highest BCUT2D eigenvalue weighted by molar-refractivity contribution is 5.94. The van der Waals surface area contributed by atoms with Gasteiger partial charge in [0.15, 0.2) is 6.61 Å². The number of rotatable bonds is 5. The molecule has 0 aliphatic carbocycles. The molecule has 2 aromatic carbocycles. The lowest BCUT2D eigenvalue weighted by Crippen LogP contribution is -2.49. The van der Waals surface area contributed by atoms with Crippen LogP contribution in [0.3, 0.4) is 0 Å². The van der Waals surface area contributed by atoms with Gasteiger partial charge in [-0.3, -0.25) is 9.59 Å². The SMILES string of the molecule is COc1ccc2c(c1)CN(C(=O)c1ccc(OCC(=O)N3C(C)CCCC3C)cc1)CC2. The third kappa shape index (κ3) is 4.74. The van der Waals surface area contributed by atoms with Crippen molar-refractivity contribution in [2.45, 2.75) is 58.2 Å². The molecule has 0 bridgehead atoms. The predicted octanol–water partition coefficient (Wildman–Crippen LogP) is 4.06. The number of fused-ring (bicyclic) bond motifs is 1. The van der Waals surface area contributed by atoms with Crippen LogP contribution in [0.2, 0.25) is 0 Å². The molecule has 2 aliphatic rings. The number of nitrogens with zero attached hydrogens (tertiary/aromatic N) is 2. The van der Waals surface area contributed by atoms with E-state index in [0.717, 1.165) is 30.6 Å². The molecule has 6 heteroatoms. The van der Waals surface area contributed by atoms with Crippen LogP contribution in [0, 0.1) is 0 Å². The largest absolute Gasteiger partial charge is 0.497 e. The van der Waals surface area contributed by atoms with Gasteiger partial charge in [0.2, 0.25) is 0 Å². The zero-order valence-corrected chi connectivity index (χ0v) is 19.2. The second-order valence-electron chi connectivity index (χ2n) is 8.85. The maximum atomic E-state index is 13.0. The fraction of sp³-hybridized carbons (Fsp3) is 0.462. The number of ether oxygens (including phenoxy) is 2. The van der Waals surface area contributed by atoms with Crippen molar-refractivity contribution in [2.24, 2.45) is 0 Å². The highest BCUT2D eigenvalue weighted by Crippen LogP contribution is 2.26. The monoisotopic (exact) mass is 436 g/mol. The molecule has 2 heterocycles. The summed E-state index contributed by atoms with van der Waals surface area (Å²) >= 11 is 0. The van der Waals surface area contributed by atoms with Crippen LogP contribution in [-0.2, 0) is 17.8 Å². The summed E-state index contributed by atoms with van der Waals surface area (Å²) in [6.07, 6.45) is 4.08. The highest BCUT2D eigenvalue weighted by Gasteiger charge is 2.29. The van der Waals surface area contributed by atoms with Crippen molar-refractivity contribution in [1.82, 2.24) is 9.80 Å². The van der Waals surface area contributed by atoms with Gasteiger partial charge in [-0.1, -0.05) is 6.07 Å². The number of methoxy groups -OCH3 is 1. The normalized spacial score (nSPS) is 20.5. The van der Waals surface area contributed by atoms with Crippen LogP contribution >= 0.6 is 0 Å². The van der Waals surface area contributed by atoms with Crippen LogP contribution in [0.5, 0.6) is 11.5 Å². The van der Waals surface area contributed by atoms with Crippen molar-refractivity contribution in [1.29, 1.82) is 0 Å². The molecule has 2 amide bonds. The van der Waals surface area contributed by atoms with Gasteiger partial charge in [-0.2, -0.15) is 0 Å². The lowest BCUT2D eigenvalue weighted by atomic mass is 9.97. The van der Waals surface area contributed by atoms with Gasteiger partial charge in [-0.15, -0.1) is 0 Å². The number of likely N-dealkylation sites (tertiary alicyclic amines) is 1. The minimum atomic E-state index is -0.00272. The van der Waals surface area contributed by atoms with Gasteiger partial charge in [0, 0.05) is 30.7 Å².